The number of nitrogens with one attached hydrogen (secondary N) is 3. The molecule has 1 aliphatic rings. The summed E-state index contributed by atoms with van der Waals surface area (Å²) in [5.74, 6) is -0.288. The summed E-state index contributed by atoms with van der Waals surface area (Å²) in [7, 11) is -2.45. The topological polar surface area (TPSA) is 123 Å². The lowest BCUT2D eigenvalue weighted by Gasteiger charge is -2.13. The van der Waals surface area contributed by atoms with Crippen LogP contribution in [0.3, 0.4) is 0 Å². The van der Waals surface area contributed by atoms with Crippen molar-refractivity contribution in [2.45, 2.75) is 23.8 Å². The number of carbonyl (C=O) groups is 2. The monoisotopic (exact) mass is 495 g/mol. The van der Waals surface area contributed by atoms with E-state index in [9.17, 15) is 18.0 Å². The minimum atomic E-state index is -3.83. The minimum Gasteiger partial charge on any atom is -0.495 e. The molecule has 3 N–H and O–H groups in total. The number of ether oxygens (including phenoxy) is 2. The van der Waals surface area contributed by atoms with Gasteiger partial charge in [0.15, 0.2) is 6.61 Å². The van der Waals surface area contributed by atoms with Gasteiger partial charge in [-0.1, -0.05) is 24.3 Å². The molecule has 1 saturated carbocycles. The fourth-order valence-electron chi connectivity index (χ4n) is 3.25. The van der Waals surface area contributed by atoms with Gasteiger partial charge in [0, 0.05) is 29.0 Å². The summed E-state index contributed by atoms with van der Waals surface area (Å²) in [5.41, 5.74) is 1.23. The molecule has 0 radical (unpaired) electrons. The van der Waals surface area contributed by atoms with E-state index in [0.29, 0.717) is 17.1 Å². The first-order valence-electron chi connectivity index (χ1n) is 10.9. The van der Waals surface area contributed by atoms with Gasteiger partial charge < -0.3 is 20.1 Å². The zero-order valence-electron chi connectivity index (χ0n) is 19.0. The highest BCUT2D eigenvalue weighted by Gasteiger charge is 2.30. The van der Waals surface area contributed by atoms with Crippen LogP contribution in [0.2, 0.25) is 0 Å². The first-order valence-corrected chi connectivity index (χ1v) is 12.4. The lowest BCUT2D eigenvalue weighted by molar-refractivity contribution is -0.118. The molecular weight excluding hydrogens is 470 g/mol. The molecule has 0 aliphatic heterocycles. The molecule has 2 amide bonds. The van der Waals surface area contributed by atoms with Crippen molar-refractivity contribution in [2.75, 3.05) is 24.4 Å². The standard InChI is InChI=1S/C25H25N3O6S/c1-33-22-13-10-17(14-23(22)35(31,32)28-19-11-12-19)25(30)27-20-8-5-9-21(15-20)34-16-24(29)26-18-6-3-2-4-7-18/h2-10,13-15,19,28H,11-12,16H2,1H3,(H,26,29)(H,27,30). The van der Waals surface area contributed by atoms with Crippen LogP contribution in [0, 0.1) is 0 Å². The zero-order valence-corrected chi connectivity index (χ0v) is 19.8. The molecule has 0 atom stereocenters. The molecule has 3 aromatic carbocycles. The van der Waals surface area contributed by atoms with Gasteiger partial charge in [-0.3, -0.25) is 9.59 Å². The Morgan fingerprint density at radius 3 is 2.37 bits per heavy atom. The molecule has 4 rings (SSSR count). The Morgan fingerprint density at radius 2 is 1.66 bits per heavy atom. The van der Waals surface area contributed by atoms with Gasteiger partial charge in [0.25, 0.3) is 11.8 Å². The predicted octanol–water partition coefficient (Wildman–Crippen LogP) is 3.41. The number of hydrogen-bond acceptors (Lipinski definition) is 6. The average molecular weight is 496 g/mol. The molecule has 35 heavy (non-hydrogen) atoms. The van der Waals surface area contributed by atoms with Crippen molar-refractivity contribution in [1.29, 1.82) is 0 Å². The summed E-state index contributed by atoms with van der Waals surface area (Å²) < 4.78 is 38.7. The summed E-state index contributed by atoms with van der Waals surface area (Å²) >= 11 is 0. The highest BCUT2D eigenvalue weighted by Crippen LogP contribution is 2.29. The van der Waals surface area contributed by atoms with E-state index in [1.807, 2.05) is 18.2 Å². The molecule has 1 fully saturated rings. The summed E-state index contributed by atoms with van der Waals surface area (Å²) in [5, 5.41) is 5.44. The first-order chi connectivity index (χ1) is 16.8. The van der Waals surface area contributed by atoms with Gasteiger partial charge in [-0.15, -0.1) is 0 Å². The van der Waals surface area contributed by atoms with Crippen molar-refractivity contribution in [3.8, 4) is 11.5 Å². The normalized spacial score (nSPS) is 13.1. The zero-order chi connectivity index (χ0) is 24.8. The third-order valence-corrected chi connectivity index (χ3v) is 6.68. The van der Waals surface area contributed by atoms with Gasteiger partial charge in [-0.05, 0) is 55.3 Å². The summed E-state index contributed by atoms with van der Waals surface area (Å²) in [6, 6.07) is 19.7. The van der Waals surface area contributed by atoms with Crippen molar-refractivity contribution in [1.82, 2.24) is 4.72 Å². The van der Waals surface area contributed by atoms with Crippen LogP contribution in [0.1, 0.15) is 23.2 Å². The summed E-state index contributed by atoms with van der Waals surface area (Å²) in [6.45, 7) is -0.208. The number of methoxy groups -OCH3 is 1. The van der Waals surface area contributed by atoms with E-state index in [1.165, 1.54) is 25.3 Å². The van der Waals surface area contributed by atoms with Gasteiger partial charge in [-0.25, -0.2) is 13.1 Å². The molecule has 3 aromatic rings. The maximum absolute atomic E-state index is 12.8. The van der Waals surface area contributed by atoms with E-state index in [2.05, 4.69) is 15.4 Å². The molecule has 182 valence electrons. The van der Waals surface area contributed by atoms with Crippen LogP contribution in [0.25, 0.3) is 0 Å². The number of amides is 2. The van der Waals surface area contributed by atoms with Gasteiger partial charge in [0.1, 0.15) is 16.4 Å². The van der Waals surface area contributed by atoms with E-state index in [1.54, 1.807) is 36.4 Å². The Kier molecular flexibility index (Phi) is 7.33. The van der Waals surface area contributed by atoms with Crippen LogP contribution in [-0.2, 0) is 14.8 Å². The summed E-state index contributed by atoms with van der Waals surface area (Å²) in [4.78, 5) is 24.8. The Hall–Kier alpha value is -3.89. The Morgan fingerprint density at radius 1 is 0.914 bits per heavy atom. The van der Waals surface area contributed by atoms with Crippen LogP contribution in [0.4, 0.5) is 11.4 Å². The van der Waals surface area contributed by atoms with Gasteiger partial charge in [0.05, 0.1) is 7.11 Å². The molecule has 0 unspecified atom stereocenters. The molecule has 0 aromatic heterocycles. The van der Waals surface area contributed by atoms with Crippen LogP contribution < -0.4 is 24.8 Å². The van der Waals surface area contributed by atoms with Crippen molar-refractivity contribution in [2.24, 2.45) is 0 Å². The Balaban J connectivity index is 1.41. The van der Waals surface area contributed by atoms with Crippen molar-refractivity contribution >= 4 is 33.2 Å². The van der Waals surface area contributed by atoms with Crippen LogP contribution >= 0.6 is 0 Å². The van der Waals surface area contributed by atoms with Gasteiger partial charge in [0.2, 0.25) is 10.0 Å². The number of rotatable bonds is 10. The fraction of sp³-hybridized carbons (Fsp3) is 0.200. The van der Waals surface area contributed by atoms with E-state index in [0.717, 1.165) is 12.8 Å². The lowest BCUT2D eigenvalue weighted by Crippen LogP contribution is -2.26. The molecule has 1 aliphatic carbocycles. The Bertz CT molecular complexity index is 1320. The quantitative estimate of drug-likeness (QED) is 0.396. The van der Waals surface area contributed by atoms with E-state index < -0.39 is 15.9 Å². The molecule has 0 saturated heterocycles. The minimum absolute atomic E-state index is 0.0836. The number of carbonyl (C=O) groups excluding carboxylic acids is 2. The van der Waals surface area contributed by atoms with Crippen molar-refractivity contribution < 1.29 is 27.5 Å². The van der Waals surface area contributed by atoms with E-state index in [4.69, 9.17) is 9.47 Å². The third-order valence-electron chi connectivity index (χ3n) is 5.13. The molecule has 0 heterocycles. The SMILES string of the molecule is COc1ccc(C(=O)Nc2cccc(OCC(=O)Nc3ccccc3)c2)cc1S(=O)(=O)NC1CC1. The second-order valence-electron chi connectivity index (χ2n) is 7.95. The van der Waals surface area contributed by atoms with Crippen LogP contribution in [0.15, 0.2) is 77.7 Å². The van der Waals surface area contributed by atoms with E-state index in [-0.39, 0.29) is 34.8 Å². The number of hydrogen-bond donors (Lipinski definition) is 3. The average Bonchev–Trinajstić information content (AvgIpc) is 3.66. The highest BCUT2D eigenvalue weighted by atomic mass is 32.2. The lowest BCUT2D eigenvalue weighted by atomic mass is 10.2. The highest BCUT2D eigenvalue weighted by molar-refractivity contribution is 7.89. The molecular formula is C25H25N3O6S. The number of anilines is 2. The fourth-order valence-corrected chi connectivity index (χ4v) is 4.75. The third kappa shape index (κ3) is 6.58. The molecule has 0 bridgehead atoms. The number of sulfonamides is 1. The number of para-hydroxylation sites is 1. The molecule has 0 spiro atoms. The van der Waals surface area contributed by atoms with E-state index >= 15 is 0 Å². The van der Waals surface area contributed by atoms with Crippen molar-refractivity contribution in [3.05, 3.63) is 78.4 Å². The number of benzene rings is 3. The smallest absolute Gasteiger partial charge is 0.262 e. The second kappa shape index (κ2) is 10.6. The predicted molar refractivity (Wildman–Crippen MR) is 131 cm³/mol. The van der Waals surface area contributed by atoms with Gasteiger partial charge in [-0.2, -0.15) is 0 Å². The van der Waals surface area contributed by atoms with Gasteiger partial charge >= 0.3 is 0 Å². The Labute approximate surface area is 203 Å². The maximum Gasteiger partial charge on any atom is 0.262 e. The van der Waals surface area contributed by atoms with Crippen LogP contribution in [-0.4, -0.2) is 40.0 Å². The summed E-state index contributed by atoms with van der Waals surface area (Å²) in [6.07, 6.45) is 1.57. The first kappa shape index (κ1) is 24.2. The maximum atomic E-state index is 12.8. The largest absolute Gasteiger partial charge is 0.495 e. The van der Waals surface area contributed by atoms with Crippen molar-refractivity contribution in [3.63, 3.8) is 0 Å². The second-order valence-corrected chi connectivity index (χ2v) is 9.63. The van der Waals surface area contributed by atoms with Crippen LogP contribution in [0.5, 0.6) is 11.5 Å². The molecule has 10 heteroatoms. The molecule has 9 nitrogen and oxygen atoms in total.